The fraction of sp³-hybridized carbons (Fsp3) is 0.231. The number of nitrogens with one attached hydrogen (secondary N) is 1. The summed E-state index contributed by atoms with van der Waals surface area (Å²) in [6.45, 7) is 4.30. The van der Waals surface area contributed by atoms with Gasteiger partial charge in [0.25, 0.3) is 5.91 Å². The van der Waals surface area contributed by atoms with Crippen molar-refractivity contribution in [3.8, 4) is 5.75 Å². The summed E-state index contributed by atoms with van der Waals surface area (Å²) in [6, 6.07) is 7.15. The van der Waals surface area contributed by atoms with Crippen molar-refractivity contribution in [2.75, 3.05) is 11.9 Å². The van der Waals surface area contributed by atoms with E-state index in [1.807, 2.05) is 6.92 Å². The Morgan fingerprint density at radius 1 is 1.39 bits per heavy atom. The first-order chi connectivity index (χ1) is 8.70. The Balaban J connectivity index is 2.05. The zero-order chi connectivity index (χ0) is 13.0. The molecule has 0 saturated heterocycles. The second-order valence-electron chi connectivity index (χ2n) is 3.76. The molecule has 1 aromatic carbocycles. The van der Waals surface area contributed by atoms with E-state index >= 15 is 0 Å². The Hall–Kier alpha value is -2.30. The molecular formula is C13H14N2O3. The van der Waals surface area contributed by atoms with Gasteiger partial charge in [-0.2, -0.15) is 0 Å². The maximum absolute atomic E-state index is 11.8. The highest BCUT2D eigenvalue weighted by Gasteiger charge is 2.13. The van der Waals surface area contributed by atoms with Crippen LogP contribution in [0.4, 0.5) is 5.69 Å². The smallest absolute Gasteiger partial charge is 0.278 e. The van der Waals surface area contributed by atoms with E-state index < -0.39 is 0 Å². The summed E-state index contributed by atoms with van der Waals surface area (Å²) in [5.74, 6) is 0.485. The second kappa shape index (κ2) is 5.35. The van der Waals surface area contributed by atoms with Gasteiger partial charge in [0, 0.05) is 11.3 Å². The molecule has 0 aliphatic heterocycles. The number of carbonyl (C=O) groups excluding carboxylic acids is 1. The molecule has 0 fully saturated rings. The van der Waals surface area contributed by atoms with Crippen molar-refractivity contribution < 1.29 is 14.1 Å². The van der Waals surface area contributed by atoms with Gasteiger partial charge in [0.15, 0.2) is 5.69 Å². The molecule has 18 heavy (non-hydrogen) atoms. The first-order valence-corrected chi connectivity index (χ1v) is 5.66. The van der Waals surface area contributed by atoms with Gasteiger partial charge in [-0.3, -0.25) is 4.79 Å². The van der Waals surface area contributed by atoms with E-state index in [4.69, 9.17) is 9.26 Å². The van der Waals surface area contributed by atoms with Crippen LogP contribution in [0.1, 0.15) is 23.0 Å². The highest BCUT2D eigenvalue weighted by Crippen LogP contribution is 2.16. The molecule has 1 aromatic heterocycles. The lowest BCUT2D eigenvalue weighted by atomic mass is 10.2. The molecule has 0 spiro atoms. The normalized spacial score (nSPS) is 10.1. The van der Waals surface area contributed by atoms with Crippen LogP contribution in [0.3, 0.4) is 0 Å². The largest absolute Gasteiger partial charge is 0.494 e. The van der Waals surface area contributed by atoms with Crippen molar-refractivity contribution in [2.24, 2.45) is 0 Å². The van der Waals surface area contributed by atoms with E-state index in [1.54, 1.807) is 31.2 Å². The van der Waals surface area contributed by atoms with Crippen LogP contribution in [0.5, 0.6) is 5.75 Å². The van der Waals surface area contributed by atoms with Crippen molar-refractivity contribution in [3.63, 3.8) is 0 Å². The van der Waals surface area contributed by atoms with Gasteiger partial charge < -0.3 is 14.6 Å². The molecule has 0 saturated carbocycles. The number of hydrogen-bond acceptors (Lipinski definition) is 4. The van der Waals surface area contributed by atoms with Crippen LogP contribution < -0.4 is 10.1 Å². The van der Waals surface area contributed by atoms with Gasteiger partial charge in [0.1, 0.15) is 12.0 Å². The predicted molar refractivity (Wildman–Crippen MR) is 66.8 cm³/mol. The van der Waals surface area contributed by atoms with E-state index in [0.29, 0.717) is 23.6 Å². The summed E-state index contributed by atoms with van der Waals surface area (Å²) in [5, 5.41) is 6.38. The second-order valence-corrected chi connectivity index (χ2v) is 3.76. The fourth-order valence-electron chi connectivity index (χ4n) is 1.50. The Kier molecular flexibility index (Phi) is 3.62. The third-order valence-corrected chi connectivity index (χ3v) is 2.39. The van der Waals surface area contributed by atoms with Gasteiger partial charge in [0.05, 0.1) is 6.61 Å². The lowest BCUT2D eigenvalue weighted by Crippen LogP contribution is -2.13. The summed E-state index contributed by atoms with van der Waals surface area (Å²) in [4.78, 5) is 11.8. The molecule has 2 rings (SSSR count). The number of rotatable bonds is 4. The zero-order valence-electron chi connectivity index (χ0n) is 10.3. The van der Waals surface area contributed by atoms with Crippen LogP contribution in [-0.4, -0.2) is 17.7 Å². The van der Waals surface area contributed by atoms with E-state index in [1.165, 1.54) is 6.26 Å². The number of benzene rings is 1. The molecule has 0 atom stereocenters. The highest BCUT2D eigenvalue weighted by molar-refractivity contribution is 6.03. The van der Waals surface area contributed by atoms with Crippen molar-refractivity contribution in [3.05, 3.63) is 41.8 Å². The molecule has 0 radical (unpaired) electrons. The fourth-order valence-corrected chi connectivity index (χ4v) is 1.50. The van der Waals surface area contributed by atoms with Crippen LogP contribution in [-0.2, 0) is 0 Å². The van der Waals surface area contributed by atoms with Crippen LogP contribution in [0.25, 0.3) is 0 Å². The summed E-state index contributed by atoms with van der Waals surface area (Å²) in [5.41, 5.74) is 1.69. The Morgan fingerprint density at radius 2 is 2.11 bits per heavy atom. The van der Waals surface area contributed by atoms with Crippen molar-refractivity contribution in [1.29, 1.82) is 0 Å². The molecule has 5 nitrogen and oxygen atoms in total. The summed E-state index contributed by atoms with van der Waals surface area (Å²) in [6.07, 6.45) is 1.44. The van der Waals surface area contributed by atoms with E-state index in [2.05, 4.69) is 10.5 Å². The van der Waals surface area contributed by atoms with Gasteiger partial charge in [-0.05, 0) is 38.1 Å². The first-order valence-electron chi connectivity index (χ1n) is 5.66. The third kappa shape index (κ3) is 2.68. The van der Waals surface area contributed by atoms with Crippen LogP contribution in [0, 0.1) is 6.92 Å². The number of aryl methyl sites for hydroxylation is 1. The molecule has 1 N–H and O–H groups in total. The molecule has 5 heteroatoms. The minimum absolute atomic E-state index is 0.287. The SMILES string of the molecule is CCOc1ccc(NC(=O)c2nocc2C)cc1. The Morgan fingerprint density at radius 3 is 2.67 bits per heavy atom. The van der Waals surface area contributed by atoms with Crippen molar-refractivity contribution in [2.45, 2.75) is 13.8 Å². The number of ether oxygens (including phenoxy) is 1. The van der Waals surface area contributed by atoms with Gasteiger partial charge in [-0.1, -0.05) is 5.16 Å². The molecule has 0 aliphatic rings. The molecule has 1 amide bonds. The van der Waals surface area contributed by atoms with E-state index in [0.717, 1.165) is 5.75 Å². The highest BCUT2D eigenvalue weighted by atomic mass is 16.5. The molecule has 1 heterocycles. The van der Waals surface area contributed by atoms with Crippen LogP contribution in [0.2, 0.25) is 0 Å². The molecule has 0 aliphatic carbocycles. The Labute approximate surface area is 105 Å². The molecular weight excluding hydrogens is 232 g/mol. The minimum atomic E-state index is -0.287. The van der Waals surface area contributed by atoms with Crippen LogP contribution >= 0.6 is 0 Å². The topological polar surface area (TPSA) is 64.4 Å². The maximum Gasteiger partial charge on any atom is 0.278 e. The summed E-state index contributed by atoms with van der Waals surface area (Å²) in [7, 11) is 0. The molecule has 0 unspecified atom stereocenters. The number of anilines is 1. The van der Waals surface area contributed by atoms with Gasteiger partial charge in [0.2, 0.25) is 0 Å². The Bertz CT molecular complexity index is 531. The van der Waals surface area contributed by atoms with E-state index in [-0.39, 0.29) is 5.91 Å². The third-order valence-electron chi connectivity index (χ3n) is 2.39. The summed E-state index contributed by atoms with van der Waals surface area (Å²) < 4.78 is 10.0. The predicted octanol–water partition coefficient (Wildman–Crippen LogP) is 2.63. The summed E-state index contributed by atoms with van der Waals surface area (Å²) >= 11 is 0. The first kappa shape index (κ1) is 12.2. The molecule has 94 valence electrons. The quantitative estimate of drug-likeness (QED) is 0.900. The van der Waals surface area contributed by atoms with E-state index in [9.17, 15) is 4.79 Å². The van der Waals surface area contributed by atoms with Gasteiger partial charge in [-0.25, -0.2) is 0 Å². The lowest BCUT2D eigenvalue weighted by Gasteiger charge is -2.06. The van der Waals surface area contributed by atoms with Crippen LogP contribution in [0.15, 0.2) is 35.1 Å². The van der Waals surface area contributed by atoms with Crippen molar-refractivity contribution in [1.82, 2.24) is 5.16 Å². The number of hydrogen-bond donors (Lipinski definition) is 1. The zero-order valence-corrected chi connectivity index (χ0v) is 10.3. The minimum Gasteiger partial charge on any atom is -0.494 e. The van der Waals surface area contributed by atoms with Gasteiger partial charge in [-0.15, -0.1) is 0 Å². The van der Waals surface area contributed by atoms with Gasteiger partial charge >= 0.3 is 0 Å². The average molecular weight is 246 g/mol. The molecule has 0 bridgehead atoms. The molecule has 2 aromatic rings. The van der Waals surface area contributed by atoms with Crippen molar-refractivity contribution >= 4 is 11.6 Å². The number of aromatic nitrogens is 1. The maximum atomic E-state index is 11.8. The average Bonchev–Trinajstić information content (AvgIpc) is 2.78. The number of amides is 1. The lowest BCUT2D eigenvalue weighted by molar-refractivity contribution is 0.101. The standard InChI is InChI=1S/C13H14N2O3/c1-3-17-11-6-4-10(5-7-11)14-13(16)12-9(2)8-18-15-12/h4-8H,3H2,1-2H3,(H,14,16). The monoisotopic (exact) mass is 246 g/mol. The number of nitrogens with zero attached hydrogens (tertiary/aromatic N) is 1. The number of carbonyl (C=O) groups is 1.